The number of alkyl halides is 1. The third-order valence-corrected chi connectivity index (χ3v) is 5.10. The normalized spacial score (nSPS) is 12.6. The summed E-state index contributed by atoms with van der Waals surface area (Å²) in [4.78, 5) is 1.34. The summed E-state index contributed by atoms with van der Waals surface area (Å²) >= 11 is 8.74. The van der Waals surface area contributed by atoms with Gasteiger partial charge < -0.3 is 0 Å². The molecule has 4 heteroatoms. The Hall–Kier alpha value is -0.190. The molecule has 0 aliphatic heterocycles. The van der Waals surface area contributed by atoms with Gasteiger partial charge in [0.1, 0.15) is 5.82 Å². The Morgan fingerprint density at radius 2 is 1.94 bits per heavy atom. The molecular formula is C13H11Br2FS. The lowest BCUT2D eigenvalue weighted by Gasteiger charge is -2.13. The second kappa shape index (κ2) is 6.12. The van der Waals surface area contributed by atoms with E-state index in [0.29, 0.717) is 5.92 Å². The minimum atomic E-state index is -0.180. The standard InChI is InChI=1S/C13H11Br2FS/c14-7-10(5-13-6-11(15)8-17-13)9-1-3-12(16)4-2-9/h1-4,6,8,10H,5,7H2. The third-order valence-electron chi connectivity index (χ3n) is 2.60. The summed E-state index contributed by atoms with van der Waals surface area (Å²) in [5, 5.41) is 2.97. The van der Waals surface area contributed by atoms with Crippen LogP contribution in [0, 0.1) is 5.82 Å². The topological polar surface area (TPSA) is 0 Å². The SMILES string of the molecule is Fc1ccc(C(CBr)Cc2cc(Br)cs2)cc1. The van der Waals surface area contributed by atoms with Gasteiger partial charge in [0.25, 0.3) is 0 Å². The van der Waals surface area contributed by atoms with Crippen molar-refractivity contribution in [1.82, 2.24) is 0 Å². The Morgan fingerprint density at radius 3 is 2.47 bits per heavy atom. The first-order valence-electron chi connectivity index (χ1n) is 5.23. The molecule has 0 saturated heterocycles. The number of thiophene rings is 1. The Labute approximate surface area is 121 Å². The summed E-state index contributed by atoms with van der Waals surface area (Å²) in [7, 11) is 0. The average Bonchev–Trinajstić information content (AvgIpc) is 2.73. The zero-order chi connectivity index (χ0) is 12.3. The van der Waals surface area contributed by atoms with E-state index >= 15 is 0 Å². The van der Waals surface area contributed by atoms with Crippen molar-refractivity contribution >= 4 is 43.2 Å². The van der Waals surface area contributed by atoms with E-state index in [2.05, 4.69) is 43.3 Å². The molecular weight excluding hydrogens is 367 g/mol. The van der Waals surface area contributed by atoms with E-state index in [1.165, 1.54) is 22.6 Å². The smallest absolute Gasteiger partial charge is 0.123 e. The molecule has 1 heterocycles. The maximum absolute atomic E-state index is 12.9. The number of benzene rings is 1. The summed E-state index contributed by atoms with van der Waals surface area (Å²) in [6.45, 7) is 0. The molecule has 2 aromatic rings. The molecule has 0 fully saturated rings. The van der Waals surface area contributed by atoms with Crippen LogP contribution < -0.4 is 0 Å². The van der Waals surface area contributed by atoms with Crippen molar-refractivity contribution in [1.29, 1.82) is 0 Å². The fraction of sp³-hybridized carbons (Fsp3) is 0.231. The second-order valence-corrected chi connectivity index (χ2v) is 6.40. The highest BCUT2D eigenvalue weighted by Crippen LogP contribution is 2.28. The molecule has 0 N–H and O–H groups in total. The zero-order valence-electron chi connectivity index (χ0n) is 9.00. The average molecular weight is 378 g/mol. The number of rotatable bonds is 4. The zero-order valence-corrected chi connectivity index (χ0v) is 13.0. The number of hydrogen-bond donors (Lipinski definition) is 0. The van der Waals surface area contributed by atoms with E-state index < -0.39 is 0 Å². The van der Waals surface area contributed by atoms with Gasteiger partial charge in [-0.1, -0.05) is 28.1 Å². The molecule has 0 aliphatic rings. The van der Waals surface area contributed by atoms with E-state index in [1.54, 1.807) is 11.3 Å². The molecule has 0 bridgehead atoms. The van der Waals surface area contributed by atoms with Gasteiger partial charge in [0.15, 0.2) is 0 Å². The van der Waals surface area contributed by atoms with Gasteiger partial charge in [0, 0.05) is 20.1 Å². The molecule has 2 rings (SSSR count). The first kappa shape index (κ1) is 13.2. The molecule has 1 unspecified atom stereocenters. The Kier molecular flexibility index (Phi) is 4.77. The molecule has 1 aromatic heterocycles. The molecule has 1 aromatic carbocycles. The lowest BCUT2D eigenvalue weighted by Crippen LogP contribution is -2.03. The molecule has 17 heavy (non-hydrogen) atoms. The summed E-state index contributed by atoms with van der Waals surface area (Å²) in [5.41, 5.74) is 1.17. The molecule has 0 saturated carbocycles. The molecule has 0 spiro atoms. The van der Waals surface area contributed by atoms with Crippen LogP contribution in [0.25, 0.3) is 0 Å². The Morgan fingerprint density at radius 1 is 1.24 bits per heavy atom. The van der Waals surface area contributed by atoms with Crippen LogP contribution in [0.4, 0.5) is 4.39 Å². The molecule has 90 valence electrons. The second-order valence-electron chi connectivity index (χ2n) is 3.84. The van der Waals surface area contributed by atoms with Gasteiger partial charge in [-0.2, -0.15) is 0 Å². The Balaban J connectivity index is 2.13. The lowest BCUT2D eigenvalue weighted by atomic mass is 9.97. The predicted octanol–water partition coefficient (Wildman–Crippen LogP) is 5.37. The van der Waals surface area contributed by atoms with Crippen LogP contribution in [-0.4, -0.2) is 5.33 Å². The van der Waals surface area contributed by atoms with Gasteiger partial charge >= 0.3 is 0 Å². The highest BCUT2D eigenvalue weighted by atomic mass is 79.9. The lowest BCUT2D eigenvalue weighted by molar-refractivity contribution is 0.625. The largest absolute Gasteiger partial charge is 0.207 e. The van der Waals surface area contributed by atoms with Crippen molar-refractivity contribution < 1.29 is 4.39 Å². The van der Waals surface area contributed by atoms with Gasteiger partial charge in [-0.3, -0.25) is 0 Å². The first-order chi connectivity index (χ1) is 8.19. The fourth-order valence-corrected chi connectivity index (χ4v) is 3.84. The van der Waals surface area contributed by atoms with Crippen molar-refractivity contribution in [3.8, 4) is 0 Å². The number of hydrogen-bond acceptors (Lipinski definition) is 1. The first-order valence-corrected chi connectivity index (χ1v) is 8.03. The fourth-order valence-electron chi connectivity index (χ4n) is 1.70. The van der Waals surface area contributed by atoms with Crippen LogP contribution in [-0.2, 0) is 6.42 Å². The maximum atomic E-state index is 12.9. The van der Waals surface area contributed by atoms with E-state index in [9.17, 15) is 4.39 Å². The summed E-state index contributed by atoms with van der Waals surface area (Å²) < 4.78 is 14.0. The van der Waals surface area contributed by atoms with E-state index in [0.717, 1.165) is 16.2 Å². The molecule has 0 amide bonds. The van der Waals surface area contributed by atoms with Crippen LogP contribution in [0.2, 0.25) is 0 Å². The molecule has 1 atom stereocenters. The maximum Gasteiger partial charge on any atom is 0.123 e. The molecule has 0 aliphatic carbocycles. The Bertz CT molecular complexity index is 478. The van der Waals surface area contributed by atoms with Gasteiger partial charge in [-0.05, 0) is 52.0 Å². The van der Waals surface area contributed by atoms with Crippen LogP contribution in [0.3, 0.4) is 0 Å². The van der Waals surface area contributed by atoms with Gasteiger partial charge in [-0.25, -0.2) is 4.39 Å². The van der Waals surface area contributed by atoms with Crippen molar-refractivity contribution in [2.45, 2.75) is 12.3 Å². The van der Waals surface area contributed by atoms with Crippen LogP contribution in [0.5, 0.6) is 0 Å². The summed E-state index contributed by atoms with van der Waals surface area (Å²) in [6, 6.07) is 8.92. The summed E-state index contributed by atoms with van der Waals surface area (Å²) in [5.74, 6) is 0.210. The van der Waals surface area contributed by atoms with Crippen molar-refractivity contribution in [2.24, 2.45) is 0 Å². The van der Waals surface area contributed by atoms with E-state index in [-0.39, 0.29) is 5.82 Å². The van der Waals surface area contributed by atoms with Crippen molar-refractivity contribution in [2.75, 3.05) is 5.33 Å². The highest BCUT2D eigenvalue weighted by molar-refractivity contribution is 9.10. The van der Waals surface area contributed by atoms with Crippen LogP contribution >= 0.6 is 43.2 Å². The van der Waals surface area contributed by atoms with Crippen LogP contribution in [0.15, 0.2) is 40.2 Å². The monoisotopic (exact) mass is 376 g/mol. The summed E-state index contributed by atoms with van der Waals surface area (Å²) in [6.07, 6.45) is 0.979. The molecule has 0 nitrogen and oxygen atoms in total. The highest BCUT2D eigenvalue weighted by Gasteiger charge is 2.12. The predicted molar refractivity (Wildman–Crippen MR) is 78.7 cm³/mol. The number of halogens is 3. The van der Waals surface area contributed by atoms with Gasteiger partial charge in [0.05, 0.1) is 0 Å². The van der Waals surface area contributed by atoms with Gasteiger partial charge in [-0.15, -0.1) is 11.3 Å². The van der Waals surface area contributed by atoms with Crippen molar-refractivity contribution in [3.63, 3.8) is 0 Å². The van der Waals surface area contributed by atoms with Gasteiger partial charge in [0.2, 0.25) is 0 Å². The van der Waals surface area contributed by atoms with Crippen LogP contribution in [0.1, 0.15) is 16.4 Å². The van der Waals surface area contributed by atoms with E-state index in [1.807, 2.05) is 12.1 Å². The third kappa shape index (κ3) is 3.63. The molecule has 0 radical (unpaired) electrons. The quantitative estimate of drug-likeness (QED) is 0.628. The minimum absolute atomic E-state index is 0.180. The van der Waals surface area contributed by atoms with Crippen molar-refractivity contribution in [3.05, 3.63) is 56.4 Å². The minimum Gasteiger partial charge on any atom is -0.207 e. The van der Waals surface area contributed by atoms with E-state index in [4.69, 9.17) is 0 Å².